The lowest BCUT2D eigenvalue weighted by molar-refractivity contribution is -0.114. The Hall–Kier alpha value is -4.10. The number of anilines is 3. The highest BCUT2D eigenvalue weighted by Crippen LogP contribution is 2.32. The van der Waals surface area contributed by atoms with Crippen LogP contribution in [0.4, 0.5) is 17.3 Å². The summed E-state index contributed by atoms with van der Waals surface area (Å²) in [6.07, 6.45) is 7.62. The van der Waals surface area contributed by atoms with E-state index in [0.717, 1.165) is 11.8 Å². The van der Waals surface area contributed by atoms with Crippen molar-refractivity contribution in [1.29, 1.82) is 0 Å². The molecule has 0 spiro atoms. The minimum atomic E-state index is -3.63. The summed E-state index contributed by atoms with van der Waals surface area (Å²) in [4.78, 5) is 24.2. The van der Waals surface area contributed by atoms with E-state index < -0.39 is 9.84 Å². The van der Waals surface area contributed by atoms with Crippen LogP contribution in [0, 0.1) is 0 Å². The number of ether oxygens (including phenoxy) is 2. The molecule has 0 aliphatic rings. The zero-order valence-corrected chi connectivity index (χ0v) is 20.0. The molecular weight excluding hydrogens is 474 g/mol. The maximum absolute atomic E-state index is 12.2. The van der Waals surface area contributed by atoms with Gasteiger partial charge in [-0.25, -0.2) is 22.9 Å². The number of nitrogens with one attached hydrogen (secondary N) is 2. The maximum Gasteiger partial charge on any atom is 0.222 e. The zero-order chi connectivity index (χ0) is 25.0. The van der Waals surface area contributed by atoms with Crippen LogP contribution < -0.4 is 15.4 Å². The summed E-state index contributed by atoms with van der Waals surface area (Å²) in [5.74, 6) is 0.523. The number of rotatable bonds is 9. The van der Waals surface area contributed by atoms with Crippen LogP contribution in [0.25, 0.3) is 16.8 Å². The van der Waals surface area contributed by atoms with Crippen molar-refractivity contribution in [3.63, 3.8) is 0 Å². The first-order valence-electron chi connectivity index (χ1n) is 10.4. The van der Waals surface area contributed by atoms with Gasteiger partial charge in [-0.15, -0.1) is 0 Å². The first-order chi connectivity index (χ1) is 16.7. The number of hydrogen-bond donors (Lipinski definition) is 2. The van der Waals surface area contributed by atoms with Crippen molar-refractivity contribution >= 4 is 38.6 Å². The lowest BCUT2D eigenvalue weighted by Crippen LogP contribution is -2.09. The van der Waals surface area contributed by atoms with Gasteiger partial charge in [-0.3, -0.25) is 9.78 Å². The molecule has 0 atom stereocenters. The molecule has 0 aliphatic heterocycles. The third kappa shape index (κ3) is 5.88. The van der Waals surface area contributed by atoms with Gasteiger partial charge < -0.3 is 20.1 Å². The molecule has 13 heteroatoms. The number of amides is 1. The van der Waals surface area contributed by atoms with Gasteiger partial charge in [0.15, 0.2) is 14.9 Å². The number of aromatic nitrogens is 5. The average molecular weight is 498 g/mol. The number of carbonyl (C=O) groups is 1. The first-order valence-corrected chi connectivity index (χ1v) is 12.3. The Bertz CT molecular complexity index is 1450. The molecule has 4 aromatic rings. The van der Waals surface area contributed by atoms with Crippen LogP contribution in [-0.4, -0.2) is 65.5 Å². The smallest absolute Gasteiger partial charge is 0.222 e. The number of nitrogens with zero attached hydrogens (tertiary/aromatic N) is 5. The Labute approximate surface area is 201 Å². The molecule has 12 nitrogen and oxygen atoms in total. The van der Waals surface area contributed by atoms with Crippen LogP contribution >= 0.6 is 0 Å². The molecule has 0 aliphatic carbocycles. The van der Waals surface area contributed by atoms with Crippen LogP contribution in [0.15, 0.2) is 54.1 Å². The van der Waals surface area contributed by atoms with Crippen LogP contribution in [0.1, 0.15) is 6.92 Å². The van der Waals surface area contributed by atoms with Gasteiger partial charge in [-0.2, -0.15) is 5.10 Å². The molecule has 0 radical (unpaired) electrons. The highest BCUT2D eigenvalue weighted by molar-refractivity contribution is 7.90. The lowest BCUT2D eigenvalue weighted by atomic mass is 10.1. The van der Waals surface area contributed by atoms with Crippen molar-refractivity contribution in [2.75, 3.05) is 37.2 Å². The van der Waals surface area contributed by atoms with Crippen molar-refractivity contribution in [3.8, 4) is 17.0 Å². The van der Waals surface area contributed by atoms with E-state index in [1.54, 1.807) is 41.4 Å². The predicted octanol–water partition coefficient (Wildman–Crippen LogP) is 2.32. The number of sulfone groups is 1. The van der Waals surface area contributed by atoms with Crippen molar-refractivity contribution in [2.45, 2.75) is 11.9 Å². The van der Waals surface area contributed by atoms with E-state index in [1.807, 2.05) is 6.07 Å². The van der Waals surface area contributed by atoms with E-state index in [2.05, 4.69) is 30.7 Å². The third-order valence-electron chi connectivity index (χ3n) is 4.72. The Morgan fingerprint density at radius 1 is 1.11 bits per heavy atom. The SMILES string of the molecule is COCCOc1cc(Nc2cc(NC(C)=O)ncc2-c2cc3cnccn3n2)nc(S(C)(=O)=O)c1. The Balaban J connectivity index is 1.79. The predicted molar refractivity (Wildman–Crippen MR) is 129 cm³/mol. The molecule has 4 aromatic heterocycles. The molecule has 2 N–H and O–H groups in total. The Morgan fingerprint density at radius 3 is 2.66 bits per heavy atom. The number of pyridine rings is 2. The zero-order valence-electron chi connectivity index (χ0n) is 19.2. The van der Waals surface area contributed by atoms with E-state index in [-0.39, 0.29) is 23.4 Å². The summed E-state index contributed by atoms with van der Waals surface area (Å²) in [7, 11) is -2.09. The van der Waals surface area contributed by atoms with Gasteiger partial charge in [0.1, 0.15) is 24.0 Å². The van der Waals surface area contributed by atoms with E-state index in [4.69, 9.17) is 9.47 Å². The van der Waals surface area contributed by atoms with Crippen LogP contribution in [0.5, 0.6) is 5.75 Å². The topological polar surface area (TPSA) is 150 Å². The van der Waals surface area contributed by atoms with Gasteiger partial charge in [0.05, 0.1) is 29.7 Å². The second-order valence-corrected chi connectivity index (χ2v) is 9.50. The molecule has 35 heavy (non-hydrogen) atoms. The van der Waals surface area contributed by atoms with Crippen molar-refractivity contribution in [1.82, 2.24) is 24.6 Å². The molecular formula is C22H23N7O5S. The molecule has 0 unspecified atom stereocenters. The minimum Gasteiger partial charge on any atom is -0.491 e. The second-order valence-electron chi connectivity index (χ2n) is 7.54. The highest BCUT2D eigenvalue weighted by Gasteiger charge is 2.17. The second kappa shape index (κ2) is 10.0. The molecule has 0 saturated heterocycles. The summed E-state index contributed by atoms with van der Waals surface area (Å²) in [5.41, 5.74) is 2.43. The molecule has 1 amide bonds. The molecule has 0 fully saturated rings. The van der Waals surface area contributed by atoms with E-state index in [0.29, 0.717) is 35.1 Å². The largest absolute Gasteiger partial charge is 0.491 e. The third-order valence-corrected chi connectivity index (χ3v) is 5.69. The van der Waals surface area contributed by atoms with Gasteiger partial charge in [0, 0.05) is 62.6 Å². The minimum absolute atomic E-state index is 0.161. The average Bonchev–Trinajstić information content (AvgIpc) is 3.22. The number of methoxy groups -OCH3 is 1. The van der Waals surface area contributed by atoms with Crippen LogP contribution in [-0.2, 0) is 19.4 Å². The number of carbonyl (C=O) groups excluding carboxylic acids is 1. The Kier molecular flexibility index (Phi) is 6.89. The normalized spacial score (nSPS) is 11.4. The molecule has 4 heterocycles. The molecule has 0 aromatic carbocycles. The molecule has 4 rings (SSSR count). The van der Waals surface area contributed by atoms with Crippen molar-refractivity contribution < 1.29 is 22.7 Å². The first kappa shape index (κ1) is 24.0. The van der Waals surface area contributed by atoms with Crippen LogP contribution in [0.3, 0.4) is 0 Å². The molecule has 182 valence electrons. The summed E-state index contributed by atoms with van der Waals surface area (Å²) >= 11 is 0. The number of hydrogen-bond acceptors (Lipinski definition) is 10. The summed E-state index contributed by atoms with van der Waals surface area (Å²) in [6, 6.07) is 6.36. The Morgan fingerprint density at radius 2 is 1.94 bits per heavy atom. The van der Waals surface area contributed by atoms with Crippen molar-refractivity contribution in [3.05, 3.63) is 49.1 Å². The fourth-order valence-corrected chi connectivity index (χ4v) is 3.78. The maximum atomic E-state index is 12.2. The molecule has 0 saturated carbocycles. The summed E-state index contributed by atoms with van der Waals surface area (Å²) in [5, 5.41) is 10.2. The van der Waals surface area contributed by atoms with Gasteiger partial charge in [0.2, 0.25) is 5.91 Å². The quantitative estimate of drug-likeness (QED) is 0.330. The molecule has 0 bridgehead atoms. The summed E-state index contributed by atoms with van der Waals surface area (Å²) in [6.45, 7) is 1.93. The van der Waals surface area contributed by atoms with Gasteiger partial charge in [0.25, 0.3) is 0 Å². The fraction of sp³-hybridized carbons (Fsp3) is 0.227. The van der Waals surface area contributed by atoms with E-state index in [9.17, 15) is 13.2 Å². The van der Waals surface area contributed by atoms with Crippen LogP contribution in [0.2, 0.25) is 0 Å². The highest BCUT2D eigenvalue weighted by atomic mass is 32.2. The van der Waals surface area contributed by atoms with Gasteiger partial charge in [-0.1, -0.05) is 0 Å². The standard InChI is InChI=1S/C22H23N7O5S/c1-14(30)25-20-11-18(17(13-24-20)19-8-15-12-23-4-5-29(15)28-19)26-21-9-16(34-7-6-33-2)10-22(27-21)35(3,31)32/h4-5,8-13H,6-7H2,1-3H3,(H2,24,25,26,27,30). The lowest BCUT2D eigenvalue weighted by Gasteiger charge is -2.14. The number of fused-ring (bicyclic) bond motifs is 1. The fourth-order valence-electron chi connectivity index (χ4n) is 3.19. The summed E-state index contributed by atoms with van der Waals surface area (Å²) < 4.78 is 36.8. The van der Waals surface area contributed by atoms with E-state index >= 15 is 0 Å². The van der Waals surface area contributed by atoms with Gasteiger partial charge in [-0.05, 0) is 6.07 Å². The monoisotopic (exact) mass is 497 g/mol. The van der Waals surface area contributed by atoms with Gasteiger partial charge >= 0.3 is 0 Å². The van der Waals surface area contributed by atoms with E-state index in [1.165, 1.54) is 20.1 Å². The van der Waals surface area contributed by atoms with Crippen molar-refractivity contribution in [2.24, 2.45) is 0 Å².